The quantitative estimate of drug-likeness (QED) is 0.815. The van der Waals surface area contributed by atoms with E-state index >= 15 is 0 Å². The molecule has 1 aromatic heterocycles. The number of hydrogen-bond donors (Lipinski definition) is 1. The third-order valence-electron chi connectivity index (χ3n) is 3.89. The number of anilines is 1. The molecule has 114 valence electrons. The molecule has 0 aliphatic rings. The fourth-order valence-electron chi connectivity index (χ4n) is 2.90. The fourth-order valence-corrected chi connectivity index (χ4v) is 3.09. The first kappa shape index (κ1) is 15.9. The summed E-state index contributed by atoms with van der Waals surface area (Å²) in [6.07, 6.45) is 4.57. The Kier molecular flexibility index (Phi) is 5.29. The van der Waals surface area contributed by atoms with E-state index in [4.69, 9.17) is 22.4 Å². The summed E-state index contributed by atoms with van der Waals surface area (Å²) in [6, 6.07) is 7.86. The molecule has 4 heteroatoms. The molecule has 0 bridgehead atoms. The van der Waals surface area contributed by atoms with Crippen LogP contribution in [0.3, 0.4) is 0 Å². The Balaban J connectivity index is 2.54. The lowest BCUT2D eigenvalue weighted by molar-refractivity contribution is 0.540. The maximum Gasteiger partial charge on any atom is 0.129 e. The molecule has 0 atom stereocenters. The van der Waals surface area contributed by atoms with Gasteiger partial charge in [-0.25, -0.2) is 0 Å². The maximum absolute atomic E-state index is 6.27. The lowest BCUT2D eigenvalue weighted by Gasteiger charge is -2.15. The number of halogens is 1. The van der Waals surface area contributed by atoms with Gasteiger partial charge < -0.3 is 5.73 Å². The molecule has 0 spiro atoms. The zero-order valence-corrected chi connectivity index (χ0v) is 13.8. The van der Waals surface area contributed by atoms with Crippen molar-refractivity contribution in [3.63, 3.8) is 0 Å². The second-order valence-corrected chi connectivity index (χ2v) is 5.99. The van der Waals surface area contributed by atoms with Crippen molar-refractivity contribution in [2.75, 3.05) is 5.73 Å². The molecule has 2 rings (SSSR count). The summed E-state index contributed by atoms with van der Waals surface area (Å²) < 4.78 is 1.78. The van der Waals surface area contributed by atoms with Crippen LogP contribution in [0.5, 0.6) is 0 Å². The number of nitrogens with two attached hydrogens (primary N) is 1. The van der Waals surface area contributed by atoms with Gasteiger partial charge in [0.15, 0.2) is 0 Å². The molecule has 2 aromatic rings. The Morgan fingerprint density at radius 2 is 1.90 bits per heavy atom. The van der Waals surface area contributed by atoms with Crippen molar-refractivity contribution >= 4 is 17.4 Å². The van der Waals surface area contributed by atoms with Crippen molar-refractivity contribution in [2.24, 2.45) is 7.05 Å². The van der Waals surface area contributed by atoms with E-state index in [1.165, 1.54) is 0 Å². The summed E-state index contributed by atoms with van der Waals surface area (Å²) in [7, 11) is 1.90. The minimum atomic E-state index is 0.456. The molecule has 0 amide bonds. The fraction of sp³-hybridized carbons (Fsp3) is 0.471. The van der Waals surface area contributed by atoms with E-state index in [9.17, 15) is 0 Å². The van der Waals surface area contributed by atoms with Crippen LogP contribution in [-0.4, -0.2) is 9.78 Å². The van der Waals surface area contributed by atoms with Crippen molar-refractivity contribution in [3.8, 4) is 11.1 Å². The van der Waals surface area contributed by atoms with Crippen LogP contribution in [0.15, 0.2) is 24.3 Å². The summed E-state index contributed by atoms with van der Waals surface area (Å²) >= 11 is 6.14. The Bertz CT molecular complexity index is 598. The number of hydrogen-bond acceptors (Lipinski definition) is 2. The van der Waals surface area contributed by atoms with E-state index < -0.39 is 0 Å². The van der Waals surface area contributed by atoms with E-state index in [1.807, 2.05) is 25.2 Å². The second kappa shape index (κ2) is 6.99. The Morgan fingerprint density at radius 3 is 2.48 bits per heavy atom. The highest BCUT2D eigenvalue weighted by molar-refractivity contribution is 6.30. The monoisotopic (exact) mass is 305 g/mol. The molecule has 1 aromatic carbocycles. The van der Waals surface area contributed by atoms with Crippen LogP contribution in [0.25, 0.3) is 11.1 Å². The number of aryl methyl sites for hydroxylation is 1. The van der Waals surface area contributed by atoms with Crippen molar-refractivity contribution in [3.05, 3.63) is 35.0 Å². The first-order valence-electron chi connectivity index (χ1n) is 7.66. The van der Waals surface area contributed by atoms with Gasteiger partial charge in [0.05, 0.1) is 5.69 Å². The topological polar surface area (TPSA) is 43.8 Å². The third kappa shape index (κ3) is 3.41. The summed E-state index contributed by atoms with van der Waals surface area (Å²) in [5, 5.41) is 5.43. The highest BCUT2D eigenvalue weighted by atomic mass is 35.5. The zero-order chi connectivity index (χ0) is 15.4. The van der Waals surface area contributed by atoms with Gasteiger partial charge in [-0.05, 0) is 30.5 Å². The number of rotatable bonds is 6. The number of nitrogens with zero attached hydrogens (tertiary/aromatic N) is 2. The average molecular weight is 306 g/mol. The SMILES string of the molecule is CCCC(CCC)c1nn(C)c(N)c1-c1cccc(Cl)c1. The third-order valence-corrected chi connectivity index (χ3v) is 4.13. The maximum atomic E-state index is 6.27. The van der Waals surface area contributed by atoms with Crippen molar-refractivity contribution in [1.29, 1.82) is 0 Å². The first-order chi connectivity index (χ1) is 10.1. The van der Waals surface area contributed by atoms with Gasteiger partial charge in [-0.15, -0.1) is 0 Å². The standard InChI is InChI=1S/C17H24ClN3/c1-4-7-12(8-5-2)16-15(17(19)21(3)20-16)13-9-6-10-14(18)11-13/h6,9-12H,4-5,7-8,19H2,1-3H3. The van der Waals surface area contributed by atoms with Crippen molar-refractivity contribution < 1.29 is 0 Å². The number of nitrogen functional groups attached to an aromatic ring is 1. The van der Waals surface area contributed by atoms with Crippen LogP contribution < -0.4 is 5.73 Å². The number of benzene rings is 1. The van der Waals surface area contributed by atoms with Gasteiger partial charge in [-0.3, -0.25) is 4.68 Å². The molecule has 21 heavy (non-hydrogen) atoms. The average Bonchev–Trinajstić information content (AvgIpc) is 2.74. The van der Waals surface area contributed by atoms with E-state index in [0.717, 1.165) is 47.5 Å². The molecule has 0 saturated carbocycles. The summed E-state index contributed by atoms with van der Waals surface area (Å²) in [6.45, 7) is 4.43. The highest BCUT2D eigenvalue weighted by Crippen LogP contribution is 2.38. The van der Waals surface area contributed by atoms with Gasteiger partial charge in [-0.2, -0.15) is 5.10 Å². The van der Waals surface area contributed by atoms with Gasteiger partial charge in [0.2, 0.25) is 0 Å². The van der Waals surface area contributed by atoms with Gasteiger partial charge in [0.25, 0.3) is 0 Å². The molecule has 0 saturated heterocycles. The highest BCUT2D eigenvalue weighted by Gasteiger charge is 2.22. The molecule has 0 aliphatic heterocycles. The normalized spacial score (nSPS) is 11.3. The summed E-state index contributed by atoms with van der Waals surface area (Å²) in [5.41, 5.74) is 9.49. The van der Waals surface area contributed by atoms with Crippen LogP contribution in [0.4, 0.5) is 5.82 Å². The van der Waals surface area contributed by atoms with Crippen LogP contribution in [0.1, 0.15) is 51.1 Å². The van der Waals surface area contributed by atoms with Crippen molar-refractivity contribution in [1.82, 2.24) is 9.78 Å². The van der Waals surface area contributed by atoms with Gasteiger partial charge in [0, 0.05) is 23.6 Å². The molecular formula is C17H24ClN3. The van der Waals surface area contributed by atoms with E-state index in [2.05, 4.69) is 19.9 Å². The predicted octanol–water partition coefficient (Wildman–Crippen LogP) is 5.01. The van der Waals surface area contributed by atoms with Crippen molar-refractivity contribution in [2.45, 2.75) is 45.4 Å². The molecular weight excluding hydrogens is 282 g/mol. The molecule has 0 radical (unpaired) electrons. The van der Waals surface area contributed by atoms with Gasteiger partial charge >= 0.3 is 0 Å². The smallest absolute Gasteiger partial charge is 0.129 e. The van der Waals surface area contributed by atoms with E-state index in [-0.39, 0.29) is 0 Å². The number of aromatic nitrogens is 2. The zero-order valence-electron chi connectivity index (χ0n) is 13.1. The molecule has 2 N–H and O–H groups in total. The predicted molar refractivity (Wildman–Crippen MR) is 90.6 cm³/mol. The van der Waals surface area contributed by atoms with Crippen LogP contribution in [0.2, 0.25) is 5.02 Å². The lowest BCUT2D eigenvalue weighted by Crippen LogP contribution is -2.02. The largest absolute Gasteiger partial charge is 0.383 e. The van der Waals surface area contributed by atoms with Crippen LogP contribution >= 0.6 is 11.6 Å². The molecule has 0 fully saturated rings. The summed E-state index contributed by atoms with van der Waals surface area (Å²) in [4.78, 5) is 0. The van der Waals surface area contributed by atoms with Crippen LogP contribution in [-0.2, 0) is 7.05 Å². The first-order valence-corrected chi connectivity index (χ1v) is 8.04. The molecule has 3 nitrogen and oxygen atoms in total. The van der Waals surface area contributed by atoms with E-state index in [1.54, 1.807) is 4.68 Å². The summed E-state index contributed by atoms with van der Waals surface area (Å²) in [5.74, 6) is 1.17. The Hall–Kier alpha value is -1.48. The lowest BCUT2D eigenvalue weighted by atomic mass is 9.90. The minimum absolute atomic E-state index is 0.456. The van der Waals surface area contributed by atoms with Gasteiger partial charge in [0.1, 0.15) is 5.82 Å². The molecule has 1 heterocycles. The Morgan fingerprint density at radius 1 is 1.24 bits per heavy atom. The van der Waals surface area contributed by atoms with Crippen LogP contribution in [0, 0.1) is 0 Å². The second-order valence-electron chi connectivity index (χ2n) is 5.55. The minimum Gasteiger partial charge on any atom is -0.383 e. The van der Waals surface area contributed by atoms with Gasteiger partial charge in [-0.1, -0.05) is 50.4 Å². The Labute approximate surface area is 132 Å². The molecule has 0 aliphatic carbocycles. The van der Waals surface area contributed by atoms with E-state index in [0.29, 0.717) is 11.7 Å². The molecule has 0 unspecified atom stereocenters.